The highest BCUT2D eigenvalue weighted by Gasteiger charge is 2.41. The van der Waals surface area contributed by atoms with Crippen LogP contribution in [0, 0.1) is 11.8 Å². The number of benzene rings is 2. The molecule has 1 fully saturated rings. The summed E-state index contributed by atoms with van der Waals surface area (Å²) in [6.45, 7) is 3.97. The molecular formula is C23H30O8. The lowest BCUT2D eigenvalue weighted by Gasteiger charge is -2.25. The monoisotopic (exact) mass is 434 g/mol. The van der Waals surface area contributed by atoms with E-state index in [0.29, 0.717) is 28.4 Å². The fourth-order valence-corrected chi connectivity index (χ4v) is 4.03. The number of aliphatic hydroxyl groups excluding tert-OH is 1. The minimum absolute atomic E-state index is 0.0115. The van der Waals surface area contributed by atoms with Crippen molar-refractivity contribution in [2.75, 3.05) is 35.5 Å². The number of phenols is 1. The third kappa shape index (κ3) is 3.81. The Labute approximate surface area is 182 Å². The Morgan fingerprint density at radius 1 is 0.742 bits per heavy atom. The van der Waals surface area contributed by atoms with Gasteiger partial charge in [-0.1, -0.05) is 13.8 Å². The van der Waals surface area contributed by atoms with Crippen molar-refractivity contribution in [2.45, 2.75) is 26.2 Å². The molecule has 2 N–H and O–H groups in total. The van der Waals surface area contributed by atoms with Crippen molar-refractivity contribution in [1.29, 1.82) is 0 Å². The van der Waals surface area contributed by atoms with Gasteiger partial charge in [0.1, 0.15) is 0 Å². The van der Waals surface area contributed by atoms with Gasteiger partial charge in [-0.3, -0.25) is 0 Å². The summed E-state index contributed by atoms with van der Waals surface area (Å²) in [7, 11) is 7.54. The zero-order valence-corrected chi connectivity index (χ0v) is 18.9. The van der Waals surface area contributed by atoms with Crippen molar-refractivity contribution >= 4 is 0 Å². The summed E-state index contributed by atoms with van der Waals surface area (Å²) in [5, 5.41) is 20.7. The van der Waals surface area contributed by atoms with Gasteiger partial charge in [0.25, 0.3) is 0 Å². The Hall–Kier alpha value is -2.84. The van der Waals surface area contributed by atoms with Crippen LogP contribution in [0.15, 0.2) is 18.2 Å². The minimum atomic E-state index is -0.893. The van der Waals surface area contributed by atoms with Crippen molar-refractivity contribution in [3.8, 4) is 45.6 Å². The normalized spacial score (nSPS) is 22.8. The lowest BCUT2D eigenvalue weighted by molar-refractivity contribution is -0.107. The van der Waals surface area contributed by atoms with Crippen LogP contribution in [-0.2, 0) is 4.74 Å². The molecule has 3 rings (SSSR count). The summed E-state index contributed by atoms with van der Waals surface area (Å²) in [4.78, 5) is 0. The van der Waals surface area contributed by atoms with Gasteiger partial charge in [-0.05, 0) is 35.2 Å². The Morgan fingerprint density at radius 3 is 1.71 bits per heavy atom. The average molecular weight is 434 g/mol. The molecule has 170 valence electrons. The molecule has 31 heavy (non-hydrogen) atoms. The lowest BCUT2D eigenvalue weighted by atomic mass is 9.85. The van der Waals surface area contributed by atoms with E-state index >= 15 is 0 Å². The van der Waals surface area contributed by atoms with Gasteiger partial charge >= 0.3 is 0 Å². The van der Waals surface area contributed by atoms with Crippen LogP contribution in [0.3, 0.4) is 0 Å². The van der Waals surface area contributed by atoms with Gasteiger partial charge in [0.05, 0.1) is 41.7 Å². The highest BCUT2D eigenvalue weighted by molar-refractivity contribution is 5.82. The van der Waals surface area contributed by atoms with E-state index in [4.69, 9.17) is 28.4 Å². The predicted octanol–water partition coefficient (Wildman–Crippen LogP) is 3.76. The SMILES string of the molecule is COc1cc(-c2c(C3OC(O)C(C)C3C)cc(OC)c(OC)c2OC)cc(OC)c1O. The second-order valence-corrected chi connectivity index (χ2v) is 7.50. The predicted molar refractivity (Wildman–Crippen MR) is 114 cm³/mol. The number of phenolic OH excluding ortho intramolecular Hbond substituents is 1. The molecule has 1 saturated heterocycles. The Morgan fingerprint density at radius 2 is 1.29 bits per heavy atom. The number of ether oxygens (including phenoxy) is 6. The molecule has 0 aromatic heterocycles. The minimum Gasteiger partial charge on any atom is -0.502 e. The first kappa shape index (κ1) is 22.8. The zero-order valence-electron chi connectivity index (χ0n) is 18.9. The molecule has 4 unspecified atom stereocenters. The quantitative estimate of drug-likeness (QED) is 0.680. The molecule has 1 aliphatic rings. The summed E-state index contributed by atoms with van der Waals surface area (Å²) < 4.78 is 33.5. The van der Waals surface area contributed by atoms with Gasteiger partial charge in [-0.15, -0.1) is 0 Å². The molecule has 0 radical (unpaired) electrons. The van der Waals surface area contributed by atoms with Gasteiger partial charge in [0.2, 0.25) is 11.5 Å². The van der Waals surface area contributed by atoms with Crippen molar-refractivity contribution in [1.82, 2.24) is 0 Å². The molecule has 0 spiro atoms. The molecule has 1 heterocycles. The van der Waals surface area contributed by atoms with Gasteiger partial charge in [-0.25, -0.2) is 0 Å². The van der Waals surface area contributed by atoms with Gasteiger partial charge in [-0.2, -0.15) is 0 Å². The second kappa shape index (κ2) is 9.11. The van der Waals surface area contributed by atoms with Gasteiger partial charge in [0.15, 0.2) is 29.3 Å². The standard InChI is InChI=1S/C23H30O8/c1-11-12(2)23(25)31-20(11)14-10-17(28-5)21(29-6)22(30-7)18(14)13-8-15(26-3)19(24)16(9-13)27-4/h8-12,20,23-25H,1-7H3. The molecule has 0 saturated carbocycles. The fraction of sp³-hybridized carbons (Fsp3) is 0.478. The highest BCUT2D eigenvalue weighted by atomic mass is 16.6. The van der Waals surface area contributed by atoms with Crippen molar-refractivity contribution in [3.05, 3.63) is 23.8 Å². The van der Waals surface area contributed by atoms with Crippen LogP contribution in [-0.4, -0.2) is 52.1 Å². The second-order valence-electron chi connectivity index (χ2n) is 7.50. The van der Waals surface area contributed by atoms with Crippen LogP contribution in [0.4, 0.5) is 0 Å². The van der Waals surface area contributed by atoms with Crippen LogP contribution < -0.4 is 23.7 Å². The third-order valence-corrected chi connectivity index (χ3v) is 5.98. The summed E-state index contributed by atoms with van der Waals surface area (Å²) in [6.07, 6.45) is -1.32. The number of aliphatic hydroxyl groups is 1. The molecule has 1 aliphatic heterocycles. The smallest absolute Gasteiger partial charge is 0.203 e. The Kier molecular flexibility index (Phi) is 6.71. The van der Waals surface area contributed by atoms with E-state index in [1.165, 1.54) is 28.4 Å². The number of aromatic hydroxyl groups is 1. The molecule has 0 aliphatic carbocycles. The van der Waals surface area contributed by atoms with Crippen LogP contribution >= 0.6 is 0 Å². The summed E-state index contributed by atoms with van der Waals surface area (Å²) in [6, 6.07) is 5.20. The van der Waals surface area contributed by atoms with Gasteiger partial charge < -0.3 is 38.6 Å². The summed E-state index contributed by atoms with van der Waals surface area (Å²) >= 11 is 0. The first-order valence-electron chi connectivity index (χ1n) is 9.94. The molecule has 4 atom stereocenters. The largest absolute Gasteiger partial charge is 0.502 e. The zero-order chi connectivity index (χ0) is 22.9. The maximum Gasteiger partial charge on any atom is 0.203 e. The fourth-order valence-electron chi connectivity index (χ4n) is 4.03. The Balaban J connectivity index is 2.38. The third-order valence-electron chi connectivity index (χ3n) is 5.98. The molecular weight excluding hydrogens is 404 g/mol. The Bertz CT molecular complexity index is 917. The molecule has 8 heteroatoms. The van der Waals surface area contributed by atoms with Crippen molar-refractivity contribution < 1.29 is 38.6 Å². The van der Waals surface area contributed by atoms with Gasteiger partial charge in [0, 0.05) is 11.5 Å². The average Bonchev–Trinajstić information content (AvgIpc) is 3.04. The summed E-state index contributed by atoms with van der Waals surface area (Å²) in [5.41, 5.74) is 2.07. The summed E-state index contributed by atoms with van der Waals surface area (Å²) in [5.74, 6) is 1.63. The molecule has 2 aromatic rings. The van der Waals surface area contributed by atoms with Crippen LogP contribution in [0.2, 0.25) is 0 Å². The maximum atomic E-state index is 10.4. The molecule has 0 amide bonds. The van der Waals surface area contributed by atoms with E-state index in [2.05, 4.69) is 0 Å². The van der Waals surface area contributed by atoms with E-state index in [0.717, 1.165) is 5.56 Å². The van der Waals surface area contributed by atoms with Crippen molar-refractivity contribution in [3.63, 3.8) is 0 Å². The number of rotatable bonds is 7. The van der Waals surface area contributed by atoms with Crippen molar-refractivity contribution in [2.24, 2.45) is 11.8 Å². The molecule has 8 nitrogen and oxygen atoms in total. The van der Waals surface area contributed by atoms with E-state index < -0.39 is 12.4 Å². The number of methoxy groups -OCH3 is 5. The van der Waals surface area contributed by atoms with E-state index in [9.17, 15) is 10.2 Å². The maximum absolute atomic E-state index is 10.4. The van der Waals surface area contributed by atoms with E-state index in [1.54, 1.807) is 19.2 Å². The highest BCUT2D eigenvalue weighted by Crippen LogP contribution is 2.54. The van der Waals surface area contributed by atoms with Crippen LogP contribution in [0.1, 0.15) is 25.5 Å². The first-order chi connectivity index (χ1) is 14.8. The topological polar surface area (TPSA) is 95.8 Å². The number of hydrogen-bond donors (Lipinski definition) is 2. The molecule has 2 aromatic carbocycles. The molecule has 0 bridgehead atoms. The van der Waals surface area contributed by atoms with E-state index in [-0.39, 0.29) is 29.1 Å². The number of hydrogen-bond acceptors (Lipinski definition) is 8. The van der Waals surface area contributed by atoms with Crippen LogP contribution in [0.5, 0.6) is 34.5 Å². The lowest BCUT2D eigenvalue weighted by Crippen LogP contribution is -2.14. The first-order valence-corrected chi connectivity index (χ1v) is 9.94. The van der Waals surface area contributed by atoms with E-state index in [1.807, 2.05) is 19.9 Å². The van der Waals surface area contributed by atoms with Crippen LogP contribution in [0.25, 0.3) is 11.1 Å².